The van der Waals surface area contributed by atoms with E-state index in [4.69, 9.17) is 9.47 Å². The van der Waals surface area contributed by atoms with Crippen molar-refractivity contribution in [1.29, 1.82) is 0 Å². The maximum absolute atomic E-state index is 10.3. The van der Waals surface area contributed by atoms with Gasteiger partial charge in [0.15, 0.2) is 6.29 Å². The lowest BCUT2D eigenvalue weighted by Gasteiger charge is -1.97. The molecule has 0 bridgehead atoms. The van der Waals surface area contributed by atoms with E-state index in [9.17, 15) is 4.79 Å². The Balaban J connectivity index is 3.08. The number of hydrogen-bond acceptors (Lipinski definition) is 4. The van der Waals surface area contributed by atoms with Crippen molar-refractivity contribution in [2.24, 2.45) is 0 Å². The molecule has 60 valence electrons. The van der Waals surface area contributed by atoms with E-state index in [0.717, 1.165) is 0 Å². The Bertz CT molecular complexity index is 256. The van der Waals surface area contributed by atoms with E-state index in [1.165, 1.54) is 14.2 Å². The molecule has 0 aromatic carbocycles. The zero-order valence-corrected chi connectivity index (χ0v) is 6.25. The van der Waals surface area contributed by atoms with Gasteiger partial charge in [-0.15, -0.1) is 5.10 Å². The fourth-order valence-corrected chi connectivity index (χ4v) is 0.743. The molecule has 0 amide bonds. The van der Waals surface area contributed by atoms with E-state index >= 15 is 0 Å². The van der Waals surface area contributed by atoms with Crippen LogP contribution >= 0.6 is 0 Å². The first kappa shape index (κ1) is 7.59. The summed E-state index contributed by atoms with van der Waals surface area (Å²) in [5.74, 6) is 0.622. The third-order valence-corrected chi connectivity index (χ3v) is 1.23. The van der Waals surface area contributed by atoms with E-state index in [-0.39, 0.29) is 11.6 Å². The van der Waals surface area contributed by atoms with Gasteiger partial charge in [-0.2, -0.15) is 0 Å². The molecule has 5 nitrogen and oxygen atoms in total. The van der Waals surface area contributed by atoms with Crippen LogP contribution in [0, 0.1) is 0 Å². The summed E-state index contributed by atoms with van der Waals surface area (Å²) in [6, 6.07) is 0. The lowest BCUT2D eigenvalue weighted by atomic mass is 10.4. The van der Waals surface area contributed by atoms with Gasteiger partial charge in [0.2, 0.25) is 5.75 Å². The Labute approximate surface area is 63.3 Å². The van der Waals surface area contributed by atoms with Crippen LogP contribution in [0.3, 0.4) is 0 Å². The highest BCUT2D eigenvalue weighted by molar-refractivity contribution is 5.77. The van der Waals surface area contributed by atoms with Crippen LogP contribution in [0.1, 0.15) is 10.5 Å². The summed E-state index contributed by atoms with van der Waals surface area (Å²) in [5.41, 5.74) is 0.282. The number of aromatic nitrogens is 2. The molecule has 0 saturated carbocycles. The van der Waals surface area contributed by atoms with Crippen LogP contribution in [0.15, 0.2) is 0 Å². The molecule has 0 aliphatic heterocycles. The Hall–Kier alpha value is -1.52. The van der Waals surface area contributed by atoms with Crippen molar-refractivity contribution in [3.8, 4) is 11.6 Å². The predicted octanol–water partition coefficient (Wildman–Crippen LogP) is 0.239. The number of nitrogens with one attached hydrogen (secondary N) is 1. The van der Waals surface area contributed by atoms with Gasteiger partial charge in [-0.05, 0) is 0 Å². The number of nitrogens with zero attached hydrogens (tertiary/aromatic N) is 1. The van der Waals surface area contributed by atoms with Crippen molar-refractivity contribution in [2.45, 2.75) is 0 Å². The molecule has 1 aromatic rings. The summed E-state index contributed by atoms with van der Waals surface area (Å²) >= 11 is 0. The summed E-state index contributed by atoms with van der Waals surface area (Å²) in [5, 5.41) is 6.13. The maximum Gasteiger partial charge on any atom is 0.276 e. The van der Waals surface area contributed by atoms with Crippen molar-refractivity contribution in [3.63, 3.8) is 0 Å². The molecule has 5 heteroatoms. The minimum Gasteiger partial charge on any atom is -0.490 e. The minimum absolute atomic E-state index is 0.282. The average molecular weight is 156 g/mol. The molecule has 0 fully saturated rings. The van der Waals surface area contributed by atoms with Gasteiger partial charge in [0.25, 0.3) is 5.88 Å². The Morgan fingerprint density at radius 2 is 2.18 bits per heavy atom. The molecular formula is C6H8N2O3. The van der Waals surface area contributed by atoms with Crippen LogP contribution in [0.2, 0.25) is 0 Å². The topological polar surface area (TPSA) is 64.2 Å². The fraction of sp³-hybridized carbons (Fsp3) is 0.333. The van der Waals surface area contributed by atoms with Gasteiger partial charge in [-0.1, -0.05) is 0 Å². The molecule has 0 aliphatic rings. The van der Waals surface area contributed by atoms with Crippen molar-refractivity contribution < 1.29 is 14.3 Å². The molecule has 0 spiro atoms. The normalized spacial score (nSPS) is 9.27. The average Bonchev–Trinajstić information content (AvgIpc) is 2.45. The number of aromatic amines is 1. The van der Waals surface area contributed by atoms with E-state index in [1.807, 2.05) is 0 Å². The van der Waals surface area contributed by atoms with Crippen LogP contribution in [0.5, 0.6) is 11.6 Å². The monoisotopic (exact) mass is 156 g/mol. The van der Waals surface area contributed by atoms with Gasteiger partial charge in [-0.25, -0.2) is 0 Å². The van der Waals surface area contributed by atoms with Gasteiger partial charge in [0.05, 0.1) is 14.2 Å². The Morgan fingerprint density at radius 3 is 2.64 bits per heavy atom. The molecule has 0 aliphatic carbocycles. The number of hydrogen-bond donors (Lipinski definition) is 1. The number of ether oxygens (including phenoxy) is 2. The molecular weight excluding hydrogens is 148 g/mol. The van der Waals surface area contributed by atoms with Crippen molar-refractivity contribution in [1.82, 2.24) is 10.2 Å². The molecule has 1 N–H and O–H groups in total. The lowest BCUT2D eigenvalue weighted by molar-refractivity contribution is 0.111. The van der Waals surface area contributed by atoms with E-state index < -0.39 is 0 Å². The van der Waals surface area contributed by atoms with Crippen LogP contribution in [0.4, 0.5) is 0 Å². The number of methoxy groups -OCH3 is 2. The molecule has 11 heavy (non-hydrogen) atoms. The first-order valence-corrected chi connectivity index (χ1v) is 2.95. The first-order valence-electron chi connectivity index (χ1n) is 2.95. The third kappa shape index (κ3) is 1.17. The quantitative estimate of drug-likeness (QED) is 0.636. The van der Waals surface area contributed by atoms with Crippen LogP contribution in [0.25, 0.3) is 0 Å². The summed E-state index contributed by atoms with van der Waals surface area (Å²) in [4.78, 5) is 10.3. The number of carbonyl (C=O) groups is 1. The predicted molar refractivity (Wildman–Crippen MR) is 37.1 cm³/mol. The van der Waals surface area contributed by atoms with E-state index in [1.54, 1.807) is 0 Å². The van der Waals surface area contributed by atoms with Crippen LogP contribution in [-0.2, 0) is 0 Å². The maximum atomic E-state index is 10.3. The second-order valence-electron chi connectivity index (χ2n) is 1.80. The minimum atomic E-state index is 0.282. The molecule has 0 radical (unpaired) electrons. The molecule has 0 unspecified atom stereocenters. The SMILES string of the molecule is COc1n[nH]c(C=O)c1OC. The standard InChI is InChI=1S/C6H8N2O3/c1-10-5-4(3-9)7-8-6(5)11-2/h3H,1-2H3,(H,7,8). The molecule has 0 saturated heterocycles. The summed E-state index contributed by atoms with van der Waals surface area (Å²) in [6.45, 7) is 0. The fourth-order valence-electron chi connectivity index (χ4n) is 0.743. The summed E-state index contributed by atoms with van der Waals surface area (Å²) < 4.78 is 9.64. The van der Waals surface area contributed by atoms with Gasteiger partial charge in [-0.3, -0.25) is 9.89 Å². The van der Waals surface area contributed by atoms with Crippen molar-refractivity contribution in [3.05, 3.63) is 5.69 Å². The van der Waals surface area contributed by atoms with Crippen LogP contribution < -0.4 is 9.47 Å². The number of carbonyl (C=O) groups excluding carboxylic acids is 1. The second-order valence-corrected chi connectivity index (χ2v) is 1.80. The molecule has 1 aromatic heterocycles. The zero-order chi connectivity index (χ0) is 8.27. The highest BCUT2D eigenvalue weighted by Gasteiger charge is 2.12. The van der Waals surface area contributed by atoms with Crippen molar-refractivity contribution in [2.75, 3.05) is 14.2 Å². The summed E-state index contributed by atoms with van der Waals surface area (Å²) in [6.07, 6.45) is 0.619. The molecule has 1 rings (SSSR count). The van der Waals surface area contributed by atoms with Gasteiger partial charge in [0.1, 0.15) is 5.69 Å². The highest BCUT2D eigenvalue weighted by atomic mass is 16.5. The Kier molecular flexibility index (Phi) is 2.10. The molecule has 1 heterocycles. The number of rotatable bonds is 3. The van der Waals surface area contributed by atoms with Gasteiger partial charge in [0, 0.05) is 0 Å². The molecule has 0 atom stereocenters. The van der Waals surface area contributed by atoms with Gasteiger partial charge >= 0.3 is 0 Å². The summed E-state index contributed by atoms with van der Waals surface area (Å²) in [7, 11) is 2.90. The Morgan fingerprint density at radius 1 is 1.45 bits per heavy atom. The van der Waals surface area contributed by atoms with E-state index in [2.05, 4.69) is 10.2 Å². The number of H-pyrrole nitrogens is 1. The largest absolute Gasteiger partial charge is 0.490 e. The van der Waals surface area contributed by atoms with E-state index in [0.29, 0.717) is 12.0 Å². The highest BCUT2D eigenvalue weighted by Crippen LogP contribution is 2.25. The smallest absolute Gasteiger partial charge is 0.276 e. The van der Waals surface area contributed by atoms with Gasteiger partial charge < -0.3 is 9.47 Å². The first-order chi connectivity index (χ1) is 5.33. The third-order valence-electron chi connectivity index (χ3n) is 1.23. The van der Waals surface area contributed by atoms with Crippen molar-refractivity contribution >= 4 is 6.29 Å². The lowest BCUT2D eigenvalue weighted by Crippen LogP contribution is -1.89. The second kappa shape index (κ2) is 3.05. The van der Waals surface area contributed by atoms with Crippen LogP contribution in [-0.4, -0.2) is 30.7 Å². The zero-order valence-electron chi connectivity index (χ0n) is 6.25. The number of aldehydes is 1.